The molecule has 0 unspecified atom stereocenters. The molecular formula is C16H23BrN2O6S. The minimum absolute atomic E-state index is 0.103. The van der Waals surface area contributed by atoms with E-state index in [0.29, 0.717) is 10.9 Å². The Morgan fingerprint density at radius 3 is 2.42 bits per heavy atom. The van der Waals surface area contributed by atoms with Gasteiger partial charge in [-0.3, -0.25) is 4.79 Å². The molecule has 1 amide bonds. The number of methoxy groups -OCH3 is 2. The second kappa shape index (κ2) is 9.89. The fraction of sp³-hybridized carbons (Fsp3) is 0.500. The van der Waals surface area contributed by atoms with Crippen LogP contribution in [-0.2, 0) is 24.3 Å². The molecule has 8 nitrogen and oxygen atoms in total. The standard InChI is InChI=1S/C16H23BrN2O6S/c1-10(2)7-12(16(21)25-4)19-15(20)9-18-26(22,23)14-8-11(17)5-6-13(14)24-3/h5-6,8,10,12,18H,7,9H2,1-4H3,(H,19,20)/t12-/m0/s1. The van der Waals surface area contributed by atoms with Crippen LogP contribution >= 0.6 is 15.9 Å². The van der Waals surface area contributed by atoms with E-state index >= 15 is 0 Å². The van der Waals surface area contributed by atoms with Gasteiger partial charge in [0.1, 0.15) is 16.7 Å². The van der Waals surface area contributed by atoms with Crippen molar-refractivity contribution in [2.45, 2.75) is 31.2 Å². The number of rotatable bonds is 9. The second-order valence-electron chi connectivity index (χ2n) is 5.89. The van der Waals surface area contributed by atoms with Crippen molar-refractivity contribution < 1.29 is 27.5 Å². The van der Waals surface area contributed by atoms with Gasteiger partial charge in [0.15, 0.2) is 0 Å². The summed E-state index contributed by atoms with van der Waals surface area (Å²) in [6, 6.07) is 3.67. The Labute approximate surface area is 161 Å². The zero-order chi connectivity index (χ0) is 19.9. The van der Waals surface area contributed by atoms with E-state index in [-0.39, 0.29) is 16.6 Å². The average molecular weight is 451 g/mol. The first-order chi connectivity index (χ1) is 12.1. The highest BCUT2D eigenvalue weighted by molar-refractivity contribution is 9.10. The summed E-state index contributed by atoms with van der Waals surface area (Å²) < 4.78 is 37.3. The Kier molecular flexibility index (Phi) is 8.51. The molecule has 0 saturated carbocycles. The van der Waals surface area contributed by atoms with E-state index in [1.807, 2.05) is 13.8 Å². The summed E-state index contributed by atoms with van der Waals surface area (Å²) in [5.41, 5.74) is 0. The average Bonchev–Trinajstić information content (AvgIpc) is 2.58. The number of carbonyl (C=O) groups is 2. The summed E-state index contributed by atoms with van der Waals surface area (Å²) in [5.74, 6) is -0.933. The van der Waals surface area contributed by atoms with E-state index in [2.05, 4.69) is 30.7 Å². The van der Waals surface area contributed by atoms with E-state index in [4.69, 9.17) is 4.74 Å². The summed E-state index contributed by atoms with van der Waals surface area (Å²) in [7, 11) is -1.41. The summed E-state index contributed by atoms with van der Waals surface area (Å²) in [6.07, 6.45) is 0.380. The molecule has 0 aliphatic rings. The molecule has 0 aliphatic heterocycles. The number of hydrogen-bond acceptors (Lipinski definition) is 6. The van der Waals surface area contributed by atoms with Gasteiger partial charge in [-0.15, -0.1) is 0 Å². The van der Waals surface area contributed by atoms with E-state index in [0.717, 1.165) is 0 Å². The first-order valence-corrected chi connectivity index (χ1v) is 10.1. The Bertz CT molecular complexity index is 751. The van der Waals surface area contributed by atoms with E-state index in [1.165, 1.54) is 26.4 Å². The van der Waals surface area contributed by atoms with Crippen LogP contribution in [0, 0.1) is 5.92 Å². The Morgan fingerprint density at radius 1 is 1.23 bits per heavy atom. The van der Waals surface area contributed by atoms with Gasteiger partial charge < -0.3 is 14.8 Å². The normalized spacial score (nSPS) is 12.5. The predicted octanol–water partition coefficient (Wildman–Crippen LogP) is 1.44. The summed E-state index contributed by atoms with van der Waals surface area (Å²) in [6.45, 7) is 3.26. The van der Waals surface area contributed by atoms with Crippen molar-refractivity contribution in [3.8, 4) is 5.75 Å². The topological polar surface area (TPSA) is 111 Å². The number of benzene rings is 1. The maximum atomic E-state index is 12.4. The van der Waals surface area contributed by atoms with E-state index < -0.39 is 34.5 Å². The van der Waals surface area contributed by atoms with Crippen molar-refractivity contribution >= 4 is 37.8 Å². The Balaban J connectivity index is 2.82. The minimum atomic E-state index is -3.99. The minimum Gasteiger partial charge on any atom is -0.495 e. The molecule has 0 fully saturated rings. The lowest BCUT2D eigenvalue weighted by Crippen LogP contribution is -2.46. The second-order valence-corrected chi connectivity index (χ2v) is 8.54. The van der Waals surface area contributed by atoms with E-state index in [9.17, 15) is 18.0 Å². The Hall–Kier alpha value is -1.65. The lowest BCUT2D eigenvalue weighted by molar-refractivity contribution is -0.145. The van der Waals surface area contributed by atoms with Gasteiger partial charge in [0.2, 0.25) is 15.9 Å². The molecule has 1 aromatic rings. The number of halogens is 1. The molecule has 0 spiro atoms. The molecule has 0 bridgehead atoms. The number of amides is 1. The number of sulfonamides is 1. The van der Waals surface area contributed by atoms with Crippen molar-refractivity contribution in [2.75, 3.05) is 20.8 Å². The number of carbonyl (C=O) groups excluding carboxylic acids is 2. The van der Waals surface area contributed by atoms with Gasteiger partial charge >= 0.3 is 5.97 Å². The van der Waals surface area contributed by atoms with Crippen LogP contribution in [0.25, 0.3) is 0 Å². The quantitative estimate of drug-likeness (QED) is 0.550. The molecule has 1 rings (SSSR count). The van der Waals surface area contributed by atoms with Crippen LogP contribution in [-0.4, -0.2) is 47.1 Å². The van der Waals surface area contributed by atoms with Crippen molar-refractivity contribution in [1.29, 1.82) is 0 Å². The number of nitrogens with one attached hydrogen (secondary N) is 2. The molecule has 0 radical (unpaired) electrons. The fourth-order valence-electron chi connectivity index (χ4n) is 2.17. The van der Waals surface area contributed by atoms with Crippen LogP contribution < -0.4 is 14.8 Å². The van der Waals surface area contributed by atoms with Crippen molar-refractivity contribution in [3.05, 3.63) is 22.7 Å². The van der Waals surface area contributed by atoms with Crippen LogP contribution in [0.3, 0.4) is 0 Å². The first kappa shape index (κ1) is 22.4. The molecule has 0 heterocycles. The summed E-state index contributed by atoms with van der Waals surface area (Å²) >= 11 is 3.20. The molecule has 0 saturated heterocycles. The van der Waals surface area contributed by atoms with Gasteiger partial charge in [-0.25, -0.2) is 17.9 Å². The third-order valence-corrected chi connectivity index (χ3v) is 5.28. The molecule has 146 valence electrons. The number of hydrogen-bond donors (Lipinski definition) is 2. The molecule has 0 aromatic heterocycles. The van der Waals surface area contributed by atoms with Gasteiger partial charge in [0, 0.05) is 4.47 Å². The van der Waals surface area contributed by atoms with Crippen LogP contribution in [0.2, 0.25) is 0 Å². The monoisotopic (exact) mass is 450 g/mol. The lowest BCUT2D eigenvalue weighted by Gasteiger charge is -2.18. The molecule has 10 heteroatoms. The van der Waals surface area contributed by atoms with Gasteiger partial charge in [0.25, 0.3) is 0 Å². The largest absolute Gasteiger partial charge is 0.495 e. The Morgan fingerprint density at radius 2 is 1.88 bits per heavy atom. The van der Waals surface area contributed by atoms with Crippen LogP contribution in [0.4, 0.5) is 0 Å². The molecule has 26 heavy (non-hydrogen) atoms. The third-order valence-electron chi connectivity index (χ3n) is 3.37. The number of ether oxygens (including phenoxy) is 2. The van der Waals surface area contributed by atoms with Crippen LogP contribution in [0.15, 0.2) is 27.6 Å². The van der Waals surface area contributed by atoms with Crippen LogP contribution in [0.1, 0.15) is 20.3 Å². The van der Waals surface area contributed by atoms with Crippen LogP contribution in [0.5, 0.6) is 5.75 Å². The maximum absolute atomic E-state index is 12.4. The zero-order valence-electron chi connectivity index (χ0n) is 15.0. The van der Waals surface area contributed by atoms with Gasteiger partial charge in [-0.05, 0) is 30.5 Å². The molecule has 1 atom stereocenters. The highest BCUT2D eigenvalue weighted by atomic mass is 79.9. The van der Waals surface area contributed by atoms with Crippen molar-refractivity contribution in [2.24, 2.45) is 5.92 Å². The van der Waals surface area contributed by atoms with E-state index in [1.54, 1.807) is 6.07 Å². The van der Waals surface area contributed by atoms with Crippen molar-refractivity contribution in [3.63, 3.8) is 0 Å². The third kappa shape index (κ3) is 6.58. The highest BCUT2D eigenvalue weighted by Gasteiger charge is 2.25. The fourth-order valence-corrected chi connectivity index (χ4v) is 3.86. The summed E-state index contributed by atoms with van der Waals surface area (Å²) in [4.78, 5) is 23.7. The van der Waals surface area contributed by atoms with Gasteiger partial charge in [-0.2, -0.15) is 0 Å². The molecular weight excluding hydrogens is 428 g/mol. The maximum Gasteiger partial charge on any atom is 0.328 e. The molecule has 1 aromatic carbocycles. The molecule has 0 aliphatic carbocycles. The SMILES string of the molecule is COC(=O)[C@H](CC(C)C)NC(=O)CNS(=O)(=O)c1cc(Br)ccc1OC. The summed E-state index contributed by atoms with van der Waals surface area (Å²) in [5, 5.41) is 2.48. The number of esters is 1. The van der Waals surface area contributed by atoms with Crippen molar-refractivity contribution in [1.82, 2.24) is 10.0 Å². The first-order valence-electron chi connectivity index (χ1n) is 7.81. The predicted molar refractivity (Wildman–Crippen MR) is 99.3 cm³/mol. The molecule has 2 N–H and O–H groups in total. The zero-order valence-corrected chi connectivity index (χ0v) is 17.4. The van der Waals surface area contributed by atoms with Gasteiger partial charge in [0.05, 0.1) is 20.8 Å². The van der Waals surface area contributed by atoms with Gasteiger partial charge in [-0.1, -0.05) is 29.8 Å². The lowest BCUT2D eigenvalue weighted by atomic mass is 10.0. The smallest absolute Gasteiger partial charge is 0.328 e. The highest BCUT2D eigenvalue weighted by Crippen LogP contribution is 2.26.